The van der Waals surface area contributed by atoms with E-state index in [1.165, 1.54) is 10.4 Å². The molecular weight excluding hydrogens is 532 g/mol. The molecule has 0 aliphatic carbocycles. The van der Waals surface area contributed by atoms with Crippen LogP contribution < -0.4 is 10.6 Å². The van der Waals surface area contributed by atoms with Gasteiger partial charge in [0.2, 0.25) is 0 Å². The van der Waals surface area contributed by atoms with Crippen LogP contribution in [-0.4, -0.2) is 39.8 Å². The van der Waals surface area contributed by atoms with Gasteiger partial charge in [-0.05, 0) is 48.2 Å². The number of nitriles is 1. The molecule has 3 amide bonds. The number of hydrogen-bond acceptors (Lipinski definition) is 6. The molecule has 1 fully saturated rings. The van der Waals surface area contributed by atoms with Gasteiger partial charge in [-0.15, -0.1) is 11.3 Å². The molecule has 1 unspecified atom stereocenters. The Kier molecular flexibility index (Phi) is 7.76. The van der Waals surface area contributed by atoms with Gasteiger partial charge in [0.1, 0.15) is 6.07 Å². The van der Waals surface area contributed by atoms with Crippen LogP contribution in [0.1, 0.15) is 56.5 Å². The lowest BCUT2D eigenvalue weighted by atomic mass is 10.0. The van der Waals surface area contributed by atoms with E-state index in [2.05, 4.69) is 45.9 Å². The quantitative estimate of drug-likeness (QED) is 0.292. The van der Waals surface area contributed by atoms with Gasteiger partial charge in [-0.2, -0.15) is 5.26 Å². The van der Waals surface area contributed by atoms with Crippen molar-refractivity contribution in [2.75, 3.05) is 23.7 Å². The number of urea groups is 1. The second-order valence-electron chi connectivity index (χ2n) is 10.4. The molecule has 1 saturated heterocycles. The van der Waals surface area contributed by atoms with Crippen molar-refractivity contribution < 1.29 is 9.59 Å². The highest BCUT2D eigenvalue weighted by molar-refractivity contribution is 7.15. The number of aromatic nitrogens is 1. The Morgan fingerprint density at radius 2 is 1.83 bits per heavy atom. The Morgan fingerprint density at radius 3 is 2.68 bits per heavy atom. The first-order valence-corrected chi connectivity index (χ1v) is 14.6. The van der Waals surface area contributed by atoms with E-state index in [0.717, 1.165) is 50.2 Å². The van der Waals surface area contributed by atoms with Crippen LogP contribution in [0.4, 0.5) is 15.6 Å². The number of nitrogens with zero attached hydrogens (tertiary/aromatic N) is 4. The molecule has 1 aromatic heterocycles. The predicted octanol–water partition coefficient (Wildman–Crippen LogP) is 6.19. The van der Waals surface area contributed by atoms with Crippen LogP contribution >= 0.6 is 11.3 Å². The standard InChI is InChI=1S/C32H30N6O2S/c33-19-25-10-4-5-13-26(25)35-32(40)38-16-7-14-28(38)23-11-6-12-24(18-23)30(39)36-31-34-27-15-17-37(21-29(27)41-31)20-22-8-2-1-3-9-22/h1-6,8-13,18,28H,7,14-17,20-21H2,(H,35,40)(H,34,36,39). The summed E-state index contributed by atoms with van der Waals surface area (Å²) in [6.45, 7) is 3.27. The van der Waals surface area contributed by atoms with E-state index < -0.39 is 0 Å². The fraction of sp³-hybridized carbons (Fsp3) is 0.250. The van der Waals surface area contributed by atoms with Gasteiger partial charge in [-0.1, -0.05) is 54.6 Å². The first kappa shape index (κ1) is 26.7. The van der Waals surface area contributed by atoms with E-state index in [9.17, 15) is 14.9 Å². The number of nitrogens with one attached hydrogen (secondary N) is 2. The first-order chi connectivity index (χ1) is 20.1. The Bertz CT molecular complexity index is 1610. The Hall–Kier alpha value is -4.52. The van der Waals surface area contributed by atoms with Gasteiger partial charge in [0.15, 0.2) is 5.13 Å². The average Bonchev–Trinajstić information content (AvgIpc) is 3.65. The highest BCUT2D eigenvalue weighted by Gasteiger charge is 2.31. The molecule has 2 aliphatic heterocycles. The number of fused-ring (bicyclic) bond motifs is 1. The summed E-state index contributed by atoms with van der Waals surface area (Å²) in [6.07, 6.45) is 2.53. The number of carbonyl (C=O) groups is 2. The van der Waals surface area contributed by atoms with Gasteiger partial charge in [0.05, 0.1) is 23.0 Å². The third-order valence-corrected chi connectivity index (χ3v) is 8.61. The third-order valence-electron chi connectivity index (χ3n) is 7.62. The maximum atomic E-state index is 13.2. The first-order valence-electron chi connectivity index (χ1n) is 13.8. The number of rotatable bonds is 6. The Morgan fingerprint density at radius 1 is 1.00 bits per heavy atom. The van der Waals surface area contributed by atoms with E-state index in [1.54, 1.807) is 46.6 Å². The second kappa shape index (κ2) is 11.9. The van der Waals surface area contributed by atoms with E-state index in [1.807, 2.05) is 24.3 Å². The fourth-order valence-electron chi connectivity index (χ4n) is 5.57. The van der Waals surface area contributed by atoms with Gasteiger partial charge in [0.25, 0.3) is 5.91 Å². The molecule has 6 rings (SSSR count). The molecule has 2 aliphatic rings. The lowest BCUT2D eigenvalue weighted by molar-refractivity contribution is 0.102. The van der Waals surface area contributed by atoms with Crippen molar-refractivity contribution >= 4 is 34.1 Å². The molecule has 1 atom stereocenters. The minimum absolute atomic E-state index is 0.153. The summed E-state index contributed by atoms with van der Waals surface area (Å²) in [5.41, 5.74) is 4.71. The zero-order valence-electron chi connectivity index (χ0n) is 22.5. The lowest BCUT2D eigenvalue weighted by Gasteiger charge is -2.26. The van der Waals surface area contributed by atoms with E-state index >= 15 is 0 Å². The number of para-hydroxylation sites is 1. The van der Waals surface area contributed by atoms with E-state index in [4.69, 9.17) is 4.98 Å². The van der Waals surface area contributed by atoms with Gasteiger partial charge in [0, 0.05) is 43.0 Å². The molecule has 4 aromatic rings. The molecule has 0 radical (unpaired) electrons. The number of hydrogen-bond donors (Lipinski definition) is 2. The van der Waals surface area contributed by atoms with Crippen molar-refractivity contribution in [3.63, 3.8) is 0 Å². The Labute approximate surface area is 243 Å². The maximum absolute atomic E-state index is 13.2. The fourth-order valence-corrected chi connectivity index (χ4v) is 6.61. The van der Waals surface area contributed by atoms with Crippen molar-refractivity contribution in [1.82, 2.24) is 14.8 Å². The lowest BCUT2D eigenvalue weighted by Crippen LogP contribution is -2.34. The average molecular weight is 563 g/mol. The van der Waals surface area contributed by atoms with Crippen LogP contribution in [0.3, 0.4) is 0 Å². The number of anilines is 2. The van der Waals surface area contributed by atoms with Gasteiger partial charge in [-0.3, -0.25) is 15.0 Å². The Balaban J connectivity index is 1.11. The molecule has 0 bridgehead atoms. The van der Waals surface area contributed by atoms with Crippen LogP contribution in [0, 0.1) is 11.3 Å². The van der Waals surface area contributed by atoms with Crippen molar-refractivity contribution in [1.29, 1.82) is 5.26 Å². The summed E-state index contributed by atoms with van der Waals surface area (Å²) in [5.74, 6) is -0.212. The highest BCUT2D eigenvalue weighted by Crippen LogP contribution is 2.34. The number of likely N-dealkylation sites (tertiary alicyclic amines) is 1. The SMILES string of the molecule is N#Cc1ccccc1NC(=O)N1CCCC1c1cccc(C(=O)Nc2nc3c(s2)CN(Cc2ccccc2)CC3)c1. The maximum Gasteiger partial charge on any atom is 0.322 e. The summed E-state index contributed by atoms with van der Waals surface area (Å²) in [4.78, 5) is 36.5. The molecule has 3 aromatic carbocycles. The highest BCUT2D eigenvalue weighted by atomic mass is 32.1. The minimum atomic E-state index is -0.250. The van der Waals surface area contributed by atoms with Crippen molar-refractivity contribution in [3.05, 3.63) is 112 Å². The topological polar surface area (TPSA) is 101 Å². The monoisotopic (exact) mass is 562 g/mol. The summed E-state index contributed by atoms with van der Waals surface area (Å²) in [5, 5.41) is 15.9. The number of carbonyl (C=O) groups excluding carboxylic acids is 2. The molecule has 0 saturated carbocycles. The van der Waals surface area contributed by atoms with Gasteiger partial charge < -0.3 is 10.2 Å². The largest absolute Gasteiger partial charge is 0.322 e. The smallest absolute Gasteiger partial charge is 0.317 e. The molecule has 8 nitrogen and oxygen atoms in total. The molecular formula is C32H30N6O2S. The van der Waals surface area contributed by atoms with Crippen LogP contribution in [0.25, 0.3) is 0 Å². The van der Waals surface area contributed by atoms with Crippen molar-refractivity contribution in [2.24, 2.45) is 0 Å². The van der Waals surface area contributed by atoms with Gasteiger partial charge in [-0.25, -0.2) is 9.78 Å². The number of thiazole rings is 1. The molecule has 206 valence electrons. The summed E-state index contributed by atoms with van der Waals surface area (Å²) in [6, 6.07) is 26.6. The molecule has 2 N–H and O–H groups in total. The van der Waals surface area contributed by atoms with Crippen LogP contribution in [0.5, 0.6) is 0 Å². The molecule has 3 heterocycles. The third kappa shape index (κ3) is 5.99. The van der Waals surface area contributed by atoms with Gasteiger partial charge >= 0.3 is 6.03 Å². The zero-order chi connectivity index (χ0) is 28.2. The van der Waals surface area contributed by atoms with Crippen LogP contribution in [0.2, 0.25) is 0 Å². The van der Waals surface area contributed by atoms with Crippen molar-refractivity contribution in [2.45, 2.75) is 38.4 Å². The predicted molar refractivity (Wildman–Crippen MR) is 160 cm³/mol. The summed E-state index contributed by atoms with van der Waals surface area (Å²) in [7, 11) is 0. The molecule has 0 spiro atoms. The number of amides is 3. The normalized spacial score (nSPS) is 16.6. The zero-order valence-corrected chi connectivity index (χ0v) is 23.4. The minimum Gasteiger partial charge on any atom is -0.317 e. The molecule has 9 heteroatoms. The summed E-state index contributed by atoms with van der Waals surface area (Å²) < 4.78 is 0. The van der Waals surface area contributed by atoms with E-state index in [-0.39, 0.29) is 18.0 Å². The molecule has 41 heavy (non-hydrogen) atoms. The van der Waals surface area contributed by atoms with Crippen LogP contribution in [0.15, 0.2) is 78.9 Å². The number of benzene rings is 3. The van der Waals surface area contributed by atoms with Crippen molar-refractivity contribution in [3.8, 4) is 6.07 Å². The van der Waals surface area contributed by atoms with Crippen LogP contribution in [-0.2, 0) is 19.5 Å². The summed E-state index contributed by atoms with van der Waals surface area (Å²) >= 11 is 1.54. The van der Waals surface area contributed by atoms with E-state index in [0.29, 0.717) is 28.5 Å². The second-order valence-corrected chi connectivity index (χ2v) is 11.4.